The van der Waals surface area contributed by atoms with E-state index in [1.54, 1.807) is 0 Å². The van der Waals surface area contributed by atoms with Gasteiger partial charge < -0.3 is 15.0 Å². The second-order valence-electron chi connectivity index (χ2n) is 6.87. The normalized spacial score (nSPS) is 13.7. The topological polar surface area (TPSA) is 37.4 Å². The number of pyridine rings is 1. The van der Waals surface area contributed by atoms with E-state index in [-0.39, 0.29) is 24.8 Å². The fourth-order valence-electron chi connectivity index (χ4n) is 3.16. The first-order chi connectivity index (χ1) is 12.2. The predicted octanol–water partition coefficient (Wildman–Crippen LogP) is 4.91. The summed E-state index contributed by atoms with van der Waals surface area (Å²) < 4.78 is 5.92. The van der Waals surface area contributed by atoms with Crippen LogP contribution in [0.3, 0.4) is 0 Å². The Bertz CT molecular complexity index is 704. The minimum Gasteiger partial charge on any atom is -0.493 e. The second-order valence-corrected chi connectivity index (χ2v) is 6.87. The smallest absolute Gasteiger partial charge is 0.129 e. The maximum atomic E-state index is 5.92. The molecule has 27 heavy (non-hydrogen) atoms. The monoisotopic (exact) mass is 411 g/mol. The predicted molar refractivity (Wildman–Crippen MR) is 119 cm³/mol. The number of ether oxygens (including phenoxy) is 1. The summed E-state index contributed by atoms with van der Waals surface area (Å²) in [6.07, 6.45) is 1.02. The average Bonchev–Trinajstić information content (AvgIpc) is 2.67. The van der Waals surface area contributed by atoms with Crippen LogP contribution in [0, 0.1) is 0 Å². The van der Waals surface area contributed by atoms with Crippen molar-refractivity contribution in [2.45, 2.75) is 33.1 Å². The number of anilines is 1. The van der Waals surface area contributed by atoms with Gasteiger partial charge in [0.25, 0.3) is 0 Å². The Hall–Kier alpha value is -1.49. The zero-order valence-electron chi connectivity index (χ0n) is 16.4. The molecule has 1 aromatic heterocycles. The summed E-state index contributed by atoms with van der Waals surface area (Å²) in [4.78, 5) is 7.27. The van der Waals surface area contributed by atoms with Crippen LogP contribution in [0.1, 0.15) is 38.7 Å². The molecule has 0 atom stereocenters. The van der Waals surface area contributed by atoms with E-state index in [4.69, 9.17) is 9.72 Å². The van der Waals surface area contributed by atoms with Crippen LogP contribution in [0.2, 0.25) is 0 Å². The molecule has 2 aromatic rings. The van der Waals surface area contributed by atoms with Crippen molar-refractivity contribution in [1.29, 1.82) is 0 Å². The van der Waals surface area contributed by atoms with Crippen molar-refractivity contribution < 1.29 is 4.74 Å². The highest BCUT2D eigenvalue weighted by molar-refractivity contribution is 5.85. The minimum absolute atomic E-state index is 0. The maximum absolute atomic E-state index is 5.92. The zero-order valence-corrected chi connectivity index (χ0v) is 18.0. The van der Waals surface area contributed by atoms with Crippen molar-refractivity contribution in [2.24, 2.45) is 0 Å². The number of rotatable bonds is 6. The number of hydrogen-bond donors (Lipinski definition) is 1. The highest BCUT2D eigenvalue weighted by Crippen LogP contribution is 2.31. The number of nitrogens with zero attached hydrogens (tertiary/aromatic N) is 2. The van der Waals surface area contributed by atoms with Gasteiger partial charge in [-0.2, -0.15) is 0 Å². The molecule has 0 radical (unpaired) electrons. The molecule has 0 amide bonds. The zero-order chi connectivity index (χ0) is 17.6. The Kier molecular flexibility index (Phi) is 9.92. The highest BCUT2D eigenvalue weighted by atomic mass is 35.5. The average molecular weight is 412 g/mol. The first-order valence-corrected chi connectivity index (χ1v) is 9.39. The number of halogens is 2. The molecule has 3 rings (SSSR count). The molecule has 0 saturated carbocycles. The SMILES string of the molecule is CCCOc1ccc(-c2cccc(N3CCNCC3)n2)cc1C(C)C.Cl.Cl. The van der Waals surface area contributed by atoms with Crippen molar-refractivity contribution in [3.8, 4) is 17.0 Å². The Morgan fingerprint density at radius 1 is 1.11 bits per heavy atom. The van der Waals surface area contributed by atoms with Gasteiger partial charge in [-0.25, -0.2) is 4.98 Å². The molecule has 6 heteroatoms. The minimum atomic E-state index is 0. The molecular weight excluding hydrogens is 381 g/mol. The number of piperazine rings is 1. The van der Waals surface area contributed by atoms with E-state index in [9.17, 15) is 0 Å². The van der Waals surface area contributed by atoms with Gasteiger partial charge in [-0.1, -0.05) is 26.8 Å². The number of hydrogen-bond acceptors (Lipinski definition) is 4. The van der Waals surface area contributed by atoms with Gasteiger partial charge in [0.1, 0.15) is 11.6 Å². The van der Waals surface area contributed by atoms with Gasteiger partial charge in [0.15, 0.2) is 0 Å². The van der Waals surface area contributed by atoms with E-state index in [2.05, 4.69) is 67.4 Å². The molecule has 0 aliphatic carbocycles. The van der Waals surface area contributed by atoms with E-state index >= 15 is 0 Å². The maximum Gasteiger partial charge on any atom is 0.129 e. The Labute approximate surface area is 175 Å². The van der Waals surface area contributed by atoms with Crippen LogP contribution in [0.4, 0.5) is 5.82 Å². The third kappa shape index (κ3) is 6.00. The third-order valence-corrected chi connectivity index (χ3v) is 4.56. The summed E-state index contributed by atoms with van der Waals surface area (Å²) in [5.41, 5.74) is 3.44. The van der Waals surface area contributed by atoms with Gasteiger partial charge in [0, 0.05) is 31.7 Å². The molecule has 1 fully saturated rings. The Balaban J connectivity index is 0.00000182. The van der Waals surface area contributed by atoms with Crippen LogP contribution in [-0.4, -0.2) is 37.8 Å². The van der Waals surface area contributed by atoms with Crippen LogP contribution >= 0.6 is 24.8 Å². The lowest BCUT2D eigenvalue weighted by atomic mass is 9.98. The molecule has 0 bridgehead atoms. The van der Waals surface area contributed by atoms with Crippen molar-refractivity contribution in [1.82, 2.24) is 10.3 Å². The molecule has 0 spiro atoms. The molecular formula is C21H31Cl2N3O. The molecule has 1 aliphatic heterocycles. The van der Waals surface area contributed by atoms with Crippen LogP contribution in [0.25, 0.3) is 11.3 Å². The highest BCUT2D eigenvalue weighted by Gasteiger charge is 2.14. The van der Waals surface area contributed by atoms with Gasteiger partial charge in [-0.3, -0.25) is 0 Å². The molecule has 4 nitrogen and oxygen atoms in total. The summed E-state index contributed by atoms with van der Waals surface area (Å²) in [6, 6.07) is 12.8. The Morgan fingerprint density at radius 2 is 1.85 bits per heavy atom. The van der Waals surface area contributed by atoms with E-state index < -0.39 is 0 Å². The first kappa shape index (κ1) is 23.5. The first-order valence-electron chi connectivity index (χ1n) is 9.39. The van der Waals surface area contributed by atoms with Crippen LogP contribution in [-0.2, 0) is 0 Å². The summed E-state index contributed by atoms with van der Waals surface area (Å²) in [5, 5.41) is 3.39. The van der Waals surface area contributed by atoms with Crippen molar-refractivity contribution in [2.75, 3.05) is 37.7 Å². The molecule has 1 N–H and O–H groups in total. The summed E-state index contributed by atoms with van der Waals surface area (Å²) in [6.45, 7) is 11.4. The van der Waals surface area contributed by atoms with Gasteiger partial charge in [0.05, 0.1) is 12.3 Å². The quantitative estimate of drug-likeness (QED) is 0.731. The van der Waals surface area contributed by atoms with Crippen LogP contribution in [0.15, 0.2) is 36.4 Å². The van der Waals surface area contributed by atoms with E-state index in [0.29, 0.717) is 5.92 Å². The van der Waals surface area contributed by atoms with Gasteiger partial charge >= 0.3 is 0 Å². The fraction of sp³-hybridized carbons (Fsp3) is 0.476. The molecule has 1 aliphatic rings. The fourth-order valence-corrected chi connectivity index (χ4v) is 3.16. The summed E-state index contributed by atoms with van der Waals surface area (Å²) in [7, 11) is 0. The number of benzene rings is 1. The van der Waals surface area contributed by atoms with Crippen LogP contribution < -0.4 is 15.0 Å². The number of nitrogens with one attached hydrogen (secondary N) is 1. The standard InChI is InChI=1S/C21H29N3O.2ClH/c1-4-14-25-20-9-8-17(15-18(20)16(2)3)19-6-5-7-21(23-19)24-12-10-22-11-13-24;;/h5-9,15-16,22H,4,10-14H2,1-3H3;2*1H. The van der Waals surface area contributed by atoms with Crippen molar-refractivity contribution >= 4 is 30.6 Å². The lowest BCUT2D eigenvalue weighted by molar-refractivity contribution is 0.313. The third-order valence-electron chi connectivity index (χ3n) is 4.56. The largest absolute Gasteiger partial charge is 0.493 e. The Morgan fingerprint density at radius 3 is 2.52 bits per heavy atom. The molecule has 1 aromatic carbocycles. The molecule has 150 valence electrons. The van der Waals surface area contributed by atoms with Gasteiger partial charge in [-0.15, -0.1) is 24.8 Å². The molecule has 2 heterocycles. The second kappa shape index (κ2) is 11.4. The lowest BCUT2D eigenvalue weighted by Gasteiger charge is -2.28. The molecule has 0 unspecified atom stereocenters. The van der Waals surface area contributed by atoms with Gasteiger partial charge in [-0.05, 0) is 48.2 Å². The lowest BCUT2D eigenvalue weighted by Crippen LogP contribution is -2.43. The van der Waals surface area contributed by atoms with E-state index in [0.717, 1.165) is 62.0 Å². The van der Waals surface area contributed by atoms with E-state index in [1.165, 1.54) is 5.56 Å². The summed E-state index contributed by atoms with van der Waals surface area (Å²) in [5.74, 6) is 2.48. The van der Waals surface area contributed by atoms with Crippen molar-refractivity contribution in [3.63, 3.8) is 0 Å². The van der Waals surface area contributed by atoms with Gasteiger partial charge in [0.2, 0.25) is 0 Å². The van der Waals surface area contributed by atoms with Crippen molar-refractivity contribution in [3.05, 3.63) is 42.0 Å². The molecule has 1 saturated heterocycles. The number of aromatic nitrogens is 1. The van der Waals surface area contributed by atoms with Crippen LogP contribution in [0.5, 0.6) is 5.75 Å². The van der Waals surface area contributed by atoms with E-state index in [1.807, 2.05) is 0 Å². The summed E-state index contributed by atoms with van der Waals surface area (Å²) >= 11 is 0.